The summed E-state index contributed by atoms with van der Waals surface area (Å²) in [5.74, 6) is 0. The van der Waals surface area contributed by atoms with Crippen LogP contribution in [-0.4, -0.2) is 28.1 Å². The third-order valence-electron chi connectivity index (χ3n) is 1.41. The monoisotopic (exact) mass is 156 g/mol. The molecule has 1 heterocycles. The first-order chi connectivity index (χ1) is 5.34. The van der Waals surface area contributed by atoms with Crippen LogP contribution in [0.4, 0.5) is 0 Å². The van der Waals surface area contributed by atoms with Crippen LogP contribution in [0.1, 0.15) is 5.69 Å². The molecule has 4 heteroatoms. The van der Waals surface area contributed by atoms with E-state index >= 15 is 0 Å². The van der Waals surface area contributed by atoms with Crippen LogP contribution in [0.2, 0.25) is 0 Å². The maximum Gasteiger partial charge on any atom is 0.0885 e. The highest BCUT2D eigenvalue weighted by Crippen LogP contribution is 1.97. The molecule has 0 amide bonds. The summed E-state index contributed by atoms with van der Waals surface area (Å²) in [6.07, 6.45) is 1.72. The van der Waals surface area contributed by atoms with Crippen molar-refractivity contribution in [1.82, 2.24) is 9.78 Å². The van der Waals surface area contributed by atoms with Gasteiger partial charge in [0.15, 0.2) is 0 Å². The Hall–Kier alpha value is -0.870. The summed E-state index contributed by atoms with van der Waals surface area (Å²) in [7, 11) is 1.86. The highest BCUT2D eigenvalue weighted by atomic mass is 16.5. The predicted octanol–water partition coefficient (Wildman–Crippen LogP) is -0.0710. The summed E-state index contributed by atoms with van der Waals surface area (Å²) in [4.78, 5) is 0. The lowest BCUT2D eigenvalue weighted by Crippen LogP contribution is -2.03. The van der Waals surface area contributed by atoms with Crippen molar-refractivity contribution in [3.63, 3.8) is 0 Å². The van der Waals surface area contributed by atoms with Gasteiger partial charge in [-0.1, -0.05) is 0 Å². The lowest BCUT2D eigenvalue weighted by Gasteiger charge is -2.01. The molecule has 0 saturated carbocycles. The van der Waals surface area contributed by atoms with E-state index in [0.29, 0.717) is 13.2 Å². The van der Waals surface area contributed by atoms with E-state index in [1.807, 2.05) is 13.1 Å². The molecule has 1 aromatic heterocycles. The van der Waals surface area contributed by atoms with Crippen molar-refractivity contribution in [2.24, 2.45) is 7.05 Å². The van der Waals surface area contributed by atoms with E-state index < -0.39 is 0 Å². The number of aliphatic hydroxyl groups excluding tert-OH is 1. The second kappa shape index (κ2) is 4.10. The Morgan fingerprint density at radius 1 is 1.73 bits per heavy atom. The number of hydrogen-bond donors (Lipinski definition) is 1. The highest BCUT2D eigenvalue weighted by Gasteiger charge is 1.96. The average Bonchev–Trinajstić information content (AvgIpc) is 2.37. The summed E-state index contributed by atoms with van der Waals surface area (Å²) < 4.78 is 6.84. The van der Waals surface area contributed by atoms with Crippen molar-refractivity contribution in [3.05, 3.63) is 18.0 Å². The number of rotatable bonds is 4. The van der Waals surface area contributed by atoms with Crippen LogP contribution < -0.4 is 0 Å². The molecule has 0 aliphatic heterocycles. The molecule has 0 bridgehead atoms. The molecule has 0 saturated heterocycles. The van der Waals surface area contributed by atoms with E-state index in [4.69, 9.17) is 9.84 Å². The SMILES string of the molecule is Cn1nccc1COCCO. The fourth-order valence-corrected chi connectivity index (χ4v) is 0.784. The Morgan fingerprint density at radius 2 is 2.55 bits per heavy atom. The summed E-state index contributed by atoms with van der Waals surface area (Å²) in [5.41, 5.74) is 1.01. The second-order valence-corrected chi connectivity index (χ2v) is 2.22. The van der Waals surface area contributed by atoms with E-state index in [9.17, 15) is 0 Å². The fraction of sp³-hybridized carbons (Fsp3) is 0.571. The first-order valence-electron chi connectivity index (χ1n) is 3.50. The summed E-state index contributed by atoms with van der Waals surface area (Å²) in [6.45, 7) is 0.958. The molecule has 4 nitrogen and oxygen atoms in total. The number of hydrogen-bond acceptors (Lipinski definition) is 3. The third kappa shape index (κ3) is 2.32. The topological polar surface area (TPSA) is 47.3 Å². The number of nitrogens with zero attached hydrogens (tertiary/aromatic N) is 2. The largest absolute Gasteiger partial charge is 0.394 e. The van der Waals surface area contributed by atoms with E-state index in [2.05, 4.69) is 5.10 Å². The van der Waals surface area contributed by atoms with Gasteiger partial charge in [0.1, 0.15) is 0 Å². The molecule has 1 rings (SSSR count). The summed E-state index contributed by atoms with van der Waals surface area (Å²) in [6, 6.07) is 1.89. The molecule has 1 N–H and O–H groups in total. The molecular weight excluding hydrogens is 144 g/mol. The van der Waals surface area contributed by atoms with Gasteiger partial charge in [-0.05, 0) is 6.07 Å². The molecule has 1 aromatic rings. The van der Waals surface area contributed by atoms with Crippen LogP contribution in [0.5, 0.6) is 0 Å². The molecule has 0 unspecified atom stereocenters. The molecule has 62 valence electrons. The average molecular weight is 156 g/mol. The van der Waals surface area contributed by atoms with E-state index in [1.165, 1.54) is 0 Å². The Balaban J connectivity index is 2.32. The minimum absolute atomic E-state index is 0.0673. The van der Waals surface area contributed by atoms with Gasteiger partial charge in [0.05, 0.1) is 25.5 Å². The Kier molecular flexibility index (Phi) is 3.07. The van der Waals surface area contributed by atoms with Gasteiger partial charge in [0, 0.05) is 13.2 Å². The van der Waals surface area contributed by atoms with Crippen molar-refractivity contribution < 1.29 is 9.84 Å². The van der Waals surface area contributed by atoms with Gasteiger partial charge in [-0.2, -0.15) is 5.10 Å². The predicted molar refractivity (Wildman–Crippen MR) is 39.9 cm³/mol. The lowest BCUT2D eigenvalue weighted by atomic mass is 10.4. The van der Waals surface area contributed by atoms with E-state index in [0.717, 1.165) is 5.69 Å². The molecule has 0 aliphatic rings. The highest BCUT2D eigenvalue weighted by molar-refractivity contribution is 4.97. The minimum Gasteiger partial charge on any atom is -0.394 e. The number of aryl methyl sites for hydroxylation is 1. The van der Waals surface area contributed by atoms with Crippen molar-refractivity contribution in [3.8, 4) is 0 Å². The zero-order valence-corrected chi connectivity index (χ0v) is 6.53. The van der Waals surface area contributed by atoms with Gasteiger partial charge in [0.25, 0.3) is 0 Å². The standard InChI is InChI=1S/C7H12N2O2/c1-9-7(2-3-8-9)6-11-5-4-10/h2-3,10H,4-6H2,1H3. The Morgan fingerprint density at radius 3 is 3.09 bits per heavy atom. The van der Waals surface area contributed by atoms with Crippen LogP contribution in [0, 0.1) is 0 Å². The maximum absolute atomic E-state index is 8.42. The molecular formula is C7H12N2O2. The molecule has 0 aromatic carbocycles. The van der Waals surface area contributed by atoms with Crippen LogP contribution in [0.3, 0.4) is 0 Å². The molecule has 0 atom stereocenters. The van der Waals surface area contributed by atoms with Crippen LogP contribution >= 0.6 is 0 Å². The van der Waals surface area contributed by atoms with E-state index in [1.54, 1.807) is 10.9 Å². The molecule has 0 aliphatic carbocycles. The fourth-order valence-electron chi connectivity index (χ4n) is 0.784. The Labute approximate surface area is 65.4 Å². The van der Waals surface area contributed by atoms with Gasteiger partial charge < -0.3 is 9.84 Å². The van der Waals surface area contributed by atoms with E-state index in [-0.39, 0.29) is 6.61 Å². The molecule has 0 spiro atoms. The number of aliphatic hydroxyl groups is 1. The van der Waals surface area contributed by atoms with Crippen molar-refractivity contribution in [1.29, 1.82) is 0 Å². The zero-order chi connectivity index (χ0) is 8.10. The molecule has 11 heavy (non-hydrogen) atoms. The lowest BCUT2D eigenvalue weighted by molar-refractivity contribution is 0.0779. The normalized spacial score (nSPS) is 10.4. The summed E-state index contributed by atoms with van der Waals surface area (Å²) >= 11 is 0. The van der Waals surface area contributed by atoms with Crippen molar-refractivity contribution in [2.75, 3.05) is 13.2 Å². The van der Waals surface area contributed by atoms with Gasteiger partial charge in [-0.15, -0.1) is 0 Å². The molecule has 0 radical (unpaired) electrons. The zero-order valence-electron chi connectivity index (χ0n) is 6.53. The summed E-state index contributed by atoms with van der Waals surface area (Å²) in [5, 5.41) is 12.4. The van der Waals surface area contributed by atoms with Gasteiger partial charge >= 0.3 is 0 Å². The number of ether oxygens (including phenoxy) is 1. The number of aromatic nitrogens is 2. The van der Waals surface area contributed by atoms with Gasteiger partial charge in [-0.3, -0.25) is 4.68 Å². The Bertz CT molecular complexity index is 210. The van der Waals surface area contributed by atoms with Gasteiger partial charge in [-0.25, -0.2) is 0 Å². The van der Waals surface area contributed by atoms with Gasteiger partial charge in [0.2, 0.25) is 0 Å². The third-order valence-corrected chi connectivity index (χ3v) is 1.41. The minimum atomic E-state index is 0.0673. The smallest absolute Gasteiger partial charge is 0.0885 e. The first-order valence-corrected chi connectivity index (χ1v) is 3.50. The second-order valence-electron chi connectivity index (χ2n) is 2.22. The quantitative estimate of drug-likeness (QED) is 0.621. The maximum atomic E-state index is 8.42. The van der Waals surface area contributed by atoms with Crippen LogP contribution in [0.15, 0.2) is 12.3 Å². The van der Waals surface area contributed by atoms with Crippen LogP contribution in [0.25, 0.3) is 0 Å². The molecule has 0 fully saturated rings. The van der Waals surface area contributed by atoms with Crippen molar-refractivity contribution >= 4 is 0 Å². The first kappa shape index (κ1) is 8.23. The van der Waals surface area contributed by atoms with Crippen molar-refractivity contribution in [2.45, 2.75) is 6.61 Å². The van der Waals surface area contributed by atoms with Crippen LogP contribution in [-0.2, 0) is 18.4 Å².